The monoisotopic (exact) mass is 755 g/mol. The summed E-state index contributed by atoms with van der Waals surface area (Å²) in [4.78, 5) is 48.0. The number of carboxylic acid groups (broad SMARTS) is 2. The third-order valence-corrected chi connectivity index (χ3v) is 6.26. The van der Waals surface area contributed by atoms with Crippen molar-refractivity contribution in [2.75, 3.05) is 11.9 Å². The Bertz CT molecular complexity index is 1780. The van der Waals surface area contributed by atoms with E-state index in [4.69, 9.17) is 25.5 Å². The van der Waals surface area contributed by atoms with Crippen molar-refractivity contribution in [1.82, 2.24) is 14.9 Å². The van der Waals surface area contributed by atoms with Crippen molar-refractivity contribution in [2.24, 2.45) is 11.7 Å². The van der Waals surface area contributed by atoms with Gasteiger partial charge in [-0.2, -0.15) is 39.5 Å². The average molecular weight is 756 g/mol. The Morgan fingerprint density at radius 3 is 1.78 bits per heavy atom. The molecular weight excluding hydrogens is 730 g/mol. The van der Waals surface area contributed by atoms with E-state index in [-0.39, 0.29) is 36.2 Å². The maximum Gasteiger partial charge on any atom is 0.490 e. The molecule has 51 heavy (non-hydrogen) atoms. The molecule has 1 fully saturated rings. The molecule has 23 heteroatoms. The van der Waals surface area contributed by atoms with E-state index in [1.165, 1.54) is 12.1 Å². The largest absolute Gasteiger partial charge is 0.490 e. The van der Waals surface area contributed by atoms with Crippen LogP contribution in [0.15, 0.2) is 35.3 Å². The molecule has 0 bridgehead atoms. The lowest BCUT2D eigenvalue weighted by molar-refractivity contribution is -0.193. The first-order valence-electron chi connectivity index (χ1n) is 13.8. The summed E-state index contributed by atoms with van der Waals surface area (Å²) in [6.07, 6.45) is -13.7. The molecule has 2 heterocycles. The predicted octanol–water partition coefficient (Wildman–Crippen LogP) is 5.29. The Morgan fingerprint density at radius 1 is 0.922 bits per heavy atom. The molecule has 282 valence electrons. The number of hydrogen-bond acceptors (Lipinski definition) is 7. The zero-order chi connectivity index (χ0) is 39.4. The second-order valence-electron chi connectivity index (χ2n) is 11.3. The zero-order valence-electron chi connectivity index (χ0n) is 25.7. The van der Waals surface area contributed by atoms with Crippen LogP contribution in [-0.4, -0.2) is 74.3 Å². The van der Waals surface area contributed by atoms with Crippen molar-refractivity contribution < 1.29 is 77.3 Å². The summed E-state index contributed by atoms with van der Waals surface area (Å²) in [6.45, 7) is 3.66. The minimum Gasteiger partial charge on any atom is -0.475 e. The van der Waals surface area contributed by atoms with Crippen LogP contribution in [0.3, 0.4) is 0 Å². The van der Waals surface area contributed by atoms with E-state index in [0.29, 0.717) is 22.9 Å². The first kappa shape index (κ1) is 42.1. The number of anilines is 1. The van der Waals surface area contributed by atoms with Gasteiger partial charge in [0, 0.05) is 30.4 Å². The average Bonchev–Trinajstić information content (AvgIpc) is 3.79. The van der Waals surface area contributed by atoms with Crippen molar-refractivity contribution in [3.05, 3.63) is 63.7 Å². The molecule has 0 spiro atoms. The molecule has 3 aromatic rings. The molecule has 2 aromatic heterocycles. The number of carbonyl (C=O) groups is 3. The van der Waals surface area contributed by atoms with E-state index in [1.807, 2.05) is 5.32 Å². The highest BCUT2D eigenvalue weighted by Crippen LogP contribution is 2.40. The lowest BCUT2D eigenvalue weighted by atomic mass is 10.1. The van der Waals surface area contributed by atoms with E-state index in [1.54, 1.807) is 13.8 Å². The number of aromatic nitrogens is 2. The summed E-state index contributed by atoms with van der Waals surface area (Å²) in [7, 11) is 0. The highest BCUT2D eigenvalue weighted by atomic mass is 19.4. The number of hydrogen-bond donors (Lipinski definition) is 5. The van der Waals surface area contributed by atoms with E-state index in [0.717, 1.165) is 0 Å². The van der Waals surface area contributed by atoms with Crippen LogP contribution in [0, 0.1) is 23.4 Å². The van der Waals surface area contributed by atoms with Crippen molar-refractivity contribution in [2.45, 2.75) is 56.8 Å². The van der Waals surface area contributed by atoms with Crippen molar-refractivity contribution >= 4 is 34.7 Å². The topological polar surface area (TPSA) is 177 Å². The Kier molecular flexibility index (Phi) is 12.7. The fourth-order valence-corrected chi connectivity index (χ4v) is 3.83. The van der Waals surface area contributed by atoms with Crippen molar-refractivity contribution in [1.29, 1.82) is 0 Å². The number of nitrogens with zero attached hydrogens (tertiary/aromatic N) is 2. The van der Waals surface area contributed by atoms with Crippen LogP contribution in [-0.2, 0) is 9.59 Å². The minimum absolute atomic E-state index is 0.158. The van der Waals surface area contributed by atoms with Crippen LogP contribution in [0.4, 0.5) is 58.5 Å². The summed E-state index contributed by atoms with van der Waals surface area (Å²) >= 11 is 0. The number of pyridine rings is 2. The molecule has 0 saturated heterocycles. The second kappa shape index (κ2) is 15.4. The Labute approximate surface area is 277 Å². The Morgan fingerprint density at radius 2 is 1.39 bits per heavy atom. The van der Waals surface area contributed by atoms with Crippen LogP contribution in [0.25, 0.3) is 16.7 Å². The van der Waals surface area contributed by atoms with E-state index in [2.05, 4.69) is 10.3 Å². The maximum atomic E-state index is 14.8. The van der Waals surface area contributed by atoms with Gasteiger partial charge in [0.2, 0.25) is 5.43 Å². The lowest BCUT2D eigenvalue weighted by Crippen LogP contribution is -2.48. The number of amides is 1. The number of nitrogens with two attached hydrogens (primary N) is 1. The van der Waals surface area contributed by atoms with Crippen LogP contribution < -0.4 is 21.8 Å². The molecule has 11 nitrogen and oxygen atoms in total. The van der Waals surface area contributed by atoms with Crippen LogP contribution in [0.2, 0.25) is 0 Å². The van der Waals surface area contributed by atoms with Crippen molar-refractivity contribution in [3.63, 3.8) is 0 Å². The molecule has 0 unspecified atom stereocenters. The smallest absolute Gasteiger partial charge is 0.475 e. The summed E-state index contributed by atoms with van der Waals surface area (Å²) in [5.74, 6) is -11.6. The molecular formula is C28H25F12N5O6. The van der Waals surface area contributed by atoms with Gasteiger partial charge < -0.3 is 26.6 Å². The number of alkyl halides is 9. The predicted molar refractivity (Wildman–Crippen MR) is 151 cm³/mol. The molecule has 1 saturated carbocycles. The SMILES string of the molecule is CC(C)(N)CNc1ccc2c(=O)c(C(=O)N[C@@H](C3CC3)C(F)(F)F)cn(-c3c(F)cc(F)cc3F)c2n1.O=C(O)C(F)(F)F.O=C(O)C(F)(F)F. The molecule has 1 aliphatic carbocycles. The van der Waals surface area contributed by atoms with Crippen LogP contribution in [0.5, 0.6) is 0 Å². The summed E-state index contributed by atoms with van der Waals surface area (Å²) in [6, 6.07) is 1.14. The highest BCUT2D eigenvalue weighted by Gasteiger charge is 2.50. The summed E-state index contributed by atoms with van der Waals surface area (Å²) < 4.78 is 148. The van der Waals surface area contributed by atoms with Gasteiger partial charge in [-0.3, -0.25) is 14.2 Å². The van der Waals surface area contributed by atoms with Gasteiger partial charge in [0.05, 0.1) is 5.39 Å². The number of nitrogens with one attached hydrogen (secondary N) is 2. The summed E-state index contributed by atoms with van der Waals surface area (Å²) in [5, 5.41) is 18.7. The fraction of sp³-hybridized carbons (Fsp3) is 0.393. The standard InChI is InChI=1S/C24H23F6N5O2.2C2HF3O2/c1-23(2,31)10-32-17-6-5-13-19(36)14(22(37)34-20(11-3-4-11)24(28,29)30)9-35(21(13)33-17)18-15(26)7-12(25)8-16(18)27;2*3-2(4,5)1(6)7/h5-9,11,20H,3-4,10,31H2,1-2H3,(H,32,33)(H,34,37);2*(H,6,7)/t20-;;/m0../s1. The first-order chi connectivity index (χ1) is 23.0. The molecule has 1 aromatic carbocycles. The number of benzene rings is 1. The molecule has 4 rings (SSSR count). The lowest BCUT2D eigenvalue weighted by Gasteiger charge is -2.22. The van der Waals surface area contributed by atoms with E-state index < -0.39 is 88.0 Å². The van der Waals surface area contributed by atoms with Gasteiger partial charge in [-0.25, -0.2) is 27.7 Å². The van der Waals surface area contributed by atoms with Gasteiger partial charge in [0.1, 0.15) is 28.9 Å². The quantitative estimate of drug-likeness (QED) is 0.201. The van der Waals surface area contributed by atoms with Gasteiger partial charge in [0.15, 0.2) is 17.3 Å². The Hall–Kier alpha value is -5.09. The van der Waals surface area contributed by atoms with Gasteiger partial charge in [0.25, 0.3) is 5.91 Å². The minimum atomic E-state index is -5.08. The van der Waals surface area contributed by atoms with Gasteiger partial charge in [-0.1, -0.05) is 0 Å². The van der Waals surface area contributed by atoms with Gasteiger partial charge in [-0.05, 0) is 44.7 Å². The molecule has 0 aliphatic heterocycles. The number of halogens is 12. The van der Waals surface area contributed by atoms with Crippen LogP contribution >= 0.6 is 0 Å². The normalized spacial score (nSPS) is 14.0. The number of aliphatic carboxylic acids is 2. The van der Waals surface area contributed by atoms with Gasteiger partial charge >= 0.3 is 30.5 Å². The molecule has 0 radical (unpaired) electrons. The van der Waals surface area contributed by atoms with Gasteiger partial charge in [-0.15, -0.1) is 0 Å². The van der Waals surface area contributed by atoms with E-state index >= 15 is 0 Å². The summed E-state index contributed by atoms with van der Waals surface area (Å²) in [5.41, 5.74) is 2.27. The molecule has 1 atom stereocenters. The number of carbonyl (C=O) groups excluding carboxylic acids is 1. The highest BCUT2D eigenvalue weighted by molar-refractivity contribution is 5.97. The number of fused-ring (bicyclic) bond motifs is 1. The third-order valence-electron chi connectivity index (χ3n) is 6.26. The van der Waals surface area contributed by atoms with E-state index in [9.17, 15) is 62.3 Å². The fourth-order valence-electron chi connectivity index (χ4n) is 3.83. The molecule has 1 aliphatic rings. The third kappa shape index (κ3) is 12.0. The molecule has 6 N–H and O–H groups in total. The first-order valence-corrected chi connectivity index (χ1v) is 13.8. The van der Waals surface area contributed by atoms with Crippen molar-refractivity contribution in [3.8, 4) is 5.69 Å². The number of carboxylic acids is 2. The molecule has 1 amide bonds. The van der Waals surface area contributed by atoms with Crippen LogP contribution in [0.1, 0.15) is 37.0 Å². The Balaban J connectivity index is 0.000000543. The second-order valence-corrected chi connectivity index (χ2v) is 11.3. The maximum absolute atomic E-state index is 14.8. The zero-order valence-corrected chi connectivity index (χ0v) is 25.7. The number of rotatable bonds is 7.